The van der Waals surface area contributed by atoms with Crippen molar-refractivity contribution in [2.45, 2.75) is 48.9 Å². The lowest BCUT2D eigenvalue weighted by atomic mass is 10.1. The number of hydrogen-bond acceptors (Lipinski definition) is 6. The van der Waals surface area contributed by atoms with Gasteiger partial charge in [-0.15, -0.1) is 0 Å². The molecule has 0 aromatic heterocycles. The minimum Gasteiger partial charge on any atom is -0.496 e. The van der Waals surface area contributed by atoms with Crippen LogP contribution in [0.1, 0.15) is 58.9 Å². The molecule has 185 valence electrons. The third kappa shape index (κ3) is 4.22. The smallest absolute Gasteiger partial charge is 0.266 e. The number of anilines is 2. The maximum absolute atomic E-state index is 14.0. The number of hydrogen-bond donors (Lipinski definition) is 0. The van der Waals surface area contributed by atoms with Crippen LogP contribution in [0.4, 0.5) is 11.4 Å². The highest BCUT2D eigenvalue weighted by molar-refractivity contribution is 7.99. The van der Waals surface area contributed by atoms with Crippen LogP contribution in [0.2, 0.25) is 0 Å². The first-order valence-electron chi connectivity index (χ1n) is 12.3. The van der Waals surface area contributed by atoms with Crippen LogP contribution in [-0.4, -0.2) is 37.5 Å². The molecule has 0 unspecified atom stereocenters. The number of benzene rings is 3. The molecule has 3 aromatic rings. The van der Waals surface area contributed by atoms with Crippen LogP contribution in [0.25, 0.3) is 0 Å². The van der Waals surface area contributed by atoms with Crippen LogP contribution in [0.5, 0.6) is 11.5 Å². The highest BCUT2D eigenvalue weighted by atomic mass is 32.2. The number of carbonyl (C=O) groups is 2. The van der Waals surface area contributed by atoms with Crippen molar-refractivity contribution in [1.82, 2.24) is 4.90 Å². The number of amides is 2. The molecule has 0 spiro atoms. The SMILES string of the molecule is CCCCCCN1c2ccc(OC)[c]c2Sc2c1ccc(OC)c2C(=O)N1Cc2ccccc2C1=O. The Hall–Kier alpha value is -3.45. The standard InChI is InChI=1S/C29H29N2O4S/c1-4-5-6-9-16-30-22-13-12-20(34-2)17-25(22)36-27-23(30)14-15-24(35-3)26(27)29(33)31-18-19-10-7-8-11-21(19)28(31)32/h7-8,10-15H,4-6,9,16,18H2,1-3H3. The third-order valence-electron chi connectivity index (χ3n) is 6.70. The van der Waals surface area contributed by atoms with Crippen molar-refractivity contribution in [3.05, 3.63) is 71.3 Å². The molecule has 0 atom stereocenters. The molecule has 2 amide bonds. The third-order valence-corrected chi connectivity index (χ3v) is 7.83. The summed E-state index contributed by atoms with van der Waals surface area (Å²) in [6.45, 7) is 3.27. The van der Waals surface area contributed by atoms with Crippen molar-refractivity contribution in [3.8, 4) is 11.5 Å². The molecule has 3 aromatic carbocycles. The van der Waals surface area contributed by atoms with Crippen molar-refractivity contribution in [1.29, 1.82) is 0 Å². The first-order chi connectivity index (χ1) is 17.6. The molecular formula is C29H29N2O4S. The fourth-order valence-electron chi connectivity index (χ4n) is 4.82. The van der Waals surface area contributed by atoms with Crippen molar-refractivity contribution in [2.24, 2.45) is 0 Å². The topological polar surface area (TPSA) is 59.1 Å². The summed E-state index contributed by atoms with van der Waals surface area (Å²) in [5.41, 5.74) is 3.81. The minimum atomic E-state index is -0.352. The number of rotatable bonds is 8. The highest BCUT2D eigenvalue weighted by Gasteiger charge is 2.37. The normalized spacial score (nSPS) is 13.8. The van der Waals surface area contributed by atoms with E-state index in [4.69, 9.17) is 9.47 Å². The summed E-state index contributed by atoms with van der Waals surface area (Å²) >= 11 is 1.47. The number of ether oxygens (including phenoxy) is 2. The van der Waals surface area contributed by atoms with E-state index in [0.29, 0.717) is 22.6 Å². The minimum absolute atomic E-state index is 0.253. The Morgan fingerprint density at radius 2 is 1.81 bits per heavy atom. The van der Waals surface area contributed by atoms with Crippen LogP contribution in [0.15, 0.2) is 58.3 Å². The molecule has 36 heavy (non-hydrogen) atoms. The molecule has 5 rings (SSSR count). The number of imide groups is 1. The molecule has 2 aliphatic rings. The zero-order valence-electron chi connectivity index (χ0n) is 20.8. The predicted molar refractivity (Wildman–Crippen MR) is 141 cm³/mol. The van der Waals surface area contributed by atoms with Gasteiger partial charge in [0.2, 0.25) is 0 Å². The quantitative estimate of drug-likeness (QED) is 0.260. The van der Waals surface area contributed by atoms with Crippen molar-refractivity contribution < 1.29 is 19.1 Å². The number of carbonyl (C=O) groups excluding carboxylic acids is 2. The summed E-state index contributed by atoms with van der Waals surface area (Å²) in [7, 11) is 3.18. The van der Waals surface area contributed by atoms with Crippen LogP contribution in [0, 0.1) is 6.07 Å². The fourth-order valence-corrected chi connectivity index (χ4v) is 6.03. The molecule has 2 heterocycles. The maximum Gasteiger partial charge on any atom is 0.266 e. The molecule has 0 fully saturated rings. The van der Waals surface area contributed by atoms with Crippen molar-refractivity contribution in [3.63, 3.8) is 0 Å². The summed E-state index contributed by atoms with van der Waals surface area (Å²) in [6, 6.07) is 18.5. The average Bonchev–Trinajstić information content (AvgIpc) is 3.25. The van der Waals surface area contributed by atoms with E-state index in [-0.39, 0.29) is 18.4 Å². The van der Waals surface area contributed by atoms with Gasteiger partial charge < -0.3 is 14.4 Å². The number of nitrogens with zero attached hydrogens (tertiary/aromatic N) is 2. The van der Waals surface area contributed by atoms with Crippen LogP contribution < -0.4 is 14.4 Å². The second-order valence-corrected chi connectivity index (χ2v) is 9.92. The van der Waals surface area contributed by atoms with E-state index < -0.39 is 0 Å². The summed E-state index contributed by atoms with van der Waals surface area (Å²) < 4.78 is 11.1. The predicted octanol–water partition coefficient (Wildman–Crippen LogP) is 6.48. The second-order valence-electron chi connectivity index (χ2n) is 8.90. The van der Waals surface area contributed by atoms with E-state index in [1.807, 2.05) is 42.5 Å². The van der Waals surface area contributed by atoms with Crippen LogP contribution in [-0.2, 0) is 6.54 Å². The lowest BCUT2D eigenvalue weighted by Gasteiger charge is -2.34. The van der Waals surface area contributed by atoms with Gasteiger partial charge in [-0.3, -0.25) is 14.5 Å². The van der Waals surface area contributed by atoms with Crippen LogP contribution in [0.3, 0.4) is 0 Å². The Labute approximate surface area is 216 Å². The van der Waals surface area contributed by atoms with E-state index in [1.54, 1.807) is 20.3 Å². The molecule has 0 N–H and O–H groups in total. The van der Waals surface area contributed by atoms with Crippen molar-refractivity contribution in [2.75, 3.05) is 25.7 Å². The van der Waals surface area contributed by atoms with Crippen LogP contribution >= 0.6 is 11.8 Å². The van der Waals surface area contributed by atoms with Gasteiger partial charge in [0.25, 0.3) is 11.8 Å². The molecule has 0 aliphatic carbocycles. The lowest BCUT2D eigenvalue weighted by Crippen LogP contribution is -2.32. The molecule has 0 saturated heterocycles. The van der Waals surface area contributed by atoms with Gasteiger partial charge in [0, 0.05) is 23.1 Å². The molecule has 0 bridgehead atoms. The molecule has 6 nitrogen and oxygen atoms in total. The lowest BCUT2D eigenvalue weighted by molar-refractivity contribution is 0.0627. The van der Waals surface area contributed by atoms with E-state index >= 15 is 0 Å². The molecule has 2 aliphatic heterocycles. The number of methoxy groups -OCH3 is 2. The van der Waals surface area contributed by atoms with E-state index in [1.165, 1.54) is 23.1 Å². The summed E-state index contributed by atoms with van der Waals surface area (Å²) in [5.74, 6) is 0.458. The number of fused-ring (bicyclic) bond motifs is 3. The van der Waals surface area contributed by atoms with E-state index in [0.717, 1.165) is 52.5 Å². The van der Waals surface area contributed by atoms with Gasteiger partial charge in [-0.25, -0.2) is 0 Å². The van der Waals surface area contributed by atoms with Gasteiger partial charge in [0.15, 0.2) is 0 Å². The Morgan fingerprint density at radius 1 is 1.00 bits per heavy atom. The Morgan fingerprint density at radius 3 is 2.56 bits per heavy atom. The fraction of sp³-hybridized carbons (Fsp3) is 0.310. The maximum atomic E-state index is 14.0. The first kappa shape index (κ1) is 24.3. The van der Waals surface area contributed by atoms with Gasteiger partial charge in [-0.1, -0.05) is 56.1 Å². The number of unbranched alkanes of at least 4 members (excludes halogenated alkanes) is 3. The van der Waals surface area contributed by atoms with Gasteiger partial charge in [-0.2, -0.15) is 0 Å². The monoisotopic (exact) mass is 501 g/mol. The van der Waals surface area contributed by atoms with Gasteiger partial charge in [-0.05, 0) is 42.3 Å². The van der Waals surface area contributed by atoms with E-state index in [9.17, 15) is 9.59 Å². The Kier molecular flexibility index (Phi) is 6.92. The molecule has 1 radical (unpaired) electrons. The Bertz CT molecular complexity index is 1320. The average molecular weight is 502 g/mol. The first-order valence-corrected chi connectivity index (χ1v) is 13.1. The molecule has 0 saturated carbocycles. The summed E-state index contributed by atoms with van der Waals surface area (Å²) in [6.07, 6.45) is 4.50. The molecular weight excluding hydrogens is 472 g/mol. The largest absolute Gasteiger partial charge is 0.496 e. The summed E-state index contributed by atoms with van der Waals surface area (Å²) in [4.78, 5) is 32.4. The zero-order valence-corrected chi connectivity index (χ0v) is 21.6. The summed E-state index contributed by atoms with van der Waals surface area (Å²) in [5, 5.41) is 0. The van der Waals surface area contributed by atoms with Gasteiger partial charge in [0.05, 0.1) is 42.6 Å². The van der Waals surface area contributed by atoms with Gasteiger partial charge >= 0.3 is 0 Å². The van der Waals surface area contributed by atoms with Gasteiger partial charge in [0.1, 0.15) is 11.5 Å². The highest BCUT2D eigenvalue weighted by Crippen LogP contribution is 2.52. The Balaban J connectivity index is 1.58. The second kappa shape index (κ2) is 10.3. The molecule has 7 heteroatoms. The zero-order chi connectivity index (χ0) is 25.2. The van der Waals surface area contributed by atoms with Crippen molar-refractivity contribution >= 4 is 35.0 Å². The van der Waals surface area contributed by atoms with E-state index in [2.05, 4.69) is 17.9 Å².